The van der Waals surface area contributed by atoms with E-state index in [2.05, 4.69) is 10.3 Å². The maximum absolute atomic E-state index is 15.5. The topological polar surface area (TPSA) is 114 Å². The Morgan fingerprint density at radius 3 is 2.43 bits per heavy atom. The zero-order chi connectivity index (χ0) is 32.8. The van der Waals surface area contributed by atoms with Crippen LogP contribution < -0.4 is 19.1 Å². The third kappa shape index (κ3) is 5.24. The second kappa shape index (κ2) is 12.5. The Morgan fingerprint density at radius 2 is 1.78 bits per heavy atom. The molecule has 3 aromatic carbocycles. The first kappa shape index (κ1) is 32.3. The van der Waals surface area contributed by atoms with E-state index in [4.69, 9.17) is 37.1 Å². The van der Waals surface area contributed by atoms with Crippen molar-refractivity contribution >= 4 is 44.8 Å². The average molecular weight is 686 g/mol. The first-order valence-corrected chi connectivity index (χ1v) is 17.0. The Labute approximate surface area is 278 Å². The number of ether oxygens (including phenoxy) is 2. The predicted molar refractivity (Wildman–Crippen MR) is 175 cm³/mol. The van der Waals surface area contributed by atoms with Crippen LogP contribution >= 0.6 is 23.2 Å². The fraction of sp³-hybridized carbons (Fsp3) is 0.333. The standard InChI is InChI=1S/C33H34Cl2N4O6S/c1-20(2)37-19-21-7-12-30(44-4)25(16-21)33(38-14-5-6-28(38)31-36-13-15-45-31)24-17-26(34)27(35)18-29(24)39(32(33)40)46(41,42)23-10-8-22(43-3)9-11-23/h7-13,15-18,20,28,37H,5-6,14,19H2,1-4H3/t28-,33?/m0/s1. The van der Waals surface area contributed by atoms with E-state index >= 15 is 4.79 Å². The molecule has 2 aliphatic rings. The highest BCUT2D eigenvalue weighted by atomic mass is 35.5. The number of aromatic nitrogens is 1. The third-order valence-electron chi connectivity index (χ3n) is 8.53. The molecule has 4 aromatic rings. The molecule has 2 aliphatic heterocycles. The van der Waals surface area contributed by atoms with E-state index in [1.165, 1.54) is 50.8 Å². The molecule has 0 radical (unpaired) electrons. The third-order valence-corrected chi connectivity index (χ3v) is 11.0. The van der Waals surface area contributed by atoms with Crippen molar-refractivity contribution in [3.8, 4) is 11.5 Å². The monoisotopic (exact) mass is 684 g/mol. The normalized spacial score (nSPS) is 20.0. The average Bonchev–Trinajstić information content (AvgIpc) is 3.79. The van der Waals surface area contributed by atoms with Crippen molar-refractivity contribution in [1.29, 1.82) is 0 Å². The van der Waals surface area contributed by atoms with Gasteiger partial charge in [0.25, 0.3) is 15.9 Å². The minimum Gasteiger partial charge on any atom is -0.497 e. The number of hydrogen-bond donors (Lipinski definition) is 1. The van der Waals surface area contributed by atoms with E-state index in [9.17, 15) is 8.42 Å². The number of benzene rings is 3. The molecular weight excluding hydrogens is 651 g/mol. The van der Waals surface area contributed by atoms with E-state index in [0.29, 0.717) is 54.4 Å². The molecular formula is C33H34Cl2N4O6S. The maximum Gasteiger partial charge on any atom is 0.271 e. The molecule has 2 atom stereocenters. The van der Waals surface area contributed by atoms with Gasteiger partial charge >= 0.3 is 0 Å². The van der Waals surface area contributed by atoms with Crippen LogP contribution in [-0.4, -0.2) is 51.0 Å². The van der Waals surface area contributed by atoms with Gasteiger partial charge in [-0.05, 0) is 66.9 Å². The second-order valence-corrected chi connectivity index (χ2v) is 14.1. The van der Waals surface area contributed by atoms with Crippen LogP contribution in [0.2, 0.25) is 10.0 Å². The largest absolute Gasteiger partial charge is 0.497 e. The zero-order valence-electron chi connectivity index (χ0n) is 25.8. The molecule has 1 unspecified atom stereocenters. The van der Waals surface area contributed by atoms with Crippen molar-refractivity contribution in [2.45, 2.75) is 55.8 Å². The van der Waals surface area contributed by atoms with Crippen LogP contribution in [0.25, 0.3) is 0 Å². The van der Waals surface area contributed by atoms with E-state index in [1.54, 1.807) is 18.3 Å². The molecule has 0 spiro atoms. The molecule has 13 heteroatoms. The molecule has 1 aromatic heterocycles. The molecule has 242 valence electrons. The molecule has 1 N–H and O–H groups in total. The van der Waals surface area contributed by atoms with E-state index < -0.39 is 27.5 Å². The summed E-state index contributed by atoms with van der Waals surface area (Å²) in [5.41, 5.74) is 0.0729. The van der Waals surface area contributed by atoms with Crippen LogP contribution in [0.1, 0.15) is 55.3 Å². The number of amides is 1. The molecule has 1 fully saturated rings. The first-order chi connectivity index (χ1) is 22.0. The summed E-state index contributed by atoms with van der Waals surface area (Å²) >= 11 is 13.2. The number of carbonyl (C=O) groups is 1. The Bertz CT molecular complexity index is 1870. The van der Waals surface area contributed by atoms with Gasteiger partial charge in [0, 0.05) is 30.3 Å². The molecule has 0 aliphatic carbocycles. The number of likely N-dealkylation sites (tertiary alicyclic amines) is 1. The van der Waals surface area contributed by atoms with Crippen LogP contribution in [0.15, 0.2) is 76.4 Å². The van der Waals surface area contributed by atoms with Gasteiger partial charge in [-0.3, -0.25) is 9.69 Å². The summed E-state index contributed by atoms with van der Waals surface area (Å²) < 4.78 is 46.9. The highest BCUT2D eigenvalue weighted by molar-refractivity contribution is 7.93. The van der Waals surface area contributed by atoms with Crippen LogP contribution in [0, 0.1) is 0 Å². The summed E-state index contributed by atoms with van der Waals surface area (Å²) in [7, 11) is -1.47. The number of oxazole rings is 1. The lowest BCUT2D eigenvalue weighted by Gasteiger charge is -2.41. The molecule has 6 rings (SSSR count). The minimum absolute atomic E-state index is 0.0954. The number of halogens is 2. The molecule has 1 amide bonds. The second-order valence-electron chi connectivity index (χ2n) is 11.5. The van der Waals surface area contributed by atoms with Gasteiger partial charge in [0.15, 0.2) is 5.54 Å². The van der Waals surface area contributed by atoms with Gasteiger partial charge in [-0.2, -0.15) is 0 Å². The Kier molecular flexibility index (Phi) is 8.81. The van der Waals surface area contributed by atoms with Crippen LogP contribution in [0.4, 0.5) is 5.69 Å². The number of nitrogens with one attached hydrogen (secondary N) is 1. The summed E-state index contributed by atoms with van der Waals surface area (Å²) in [4.78, 5) is 21.8. The van der Waals surface area contributed by atoms with Gasteiger partial charge < -0.3 is 19.2 Å². The van der Waals surface area contributed by atoms with E-state index in [-0.39, 0.29) is 26.7 Å². The van der Waals surface area contributed by atoms with Crippen LogP contribution in [-0.2, 0) is 26.9 Å². The number of nitrogens with zero attached hydrogens (tertiary/aromatic N) is 3. The highest BCUT2D eigenvalue weighted by Crippen LogP contribution is 2.57. The number of methoxy groups -OCH3 is 2. The summed E-state index contributed by atoms with van der Waals surface area (Å²) in [5, 5.41) is 3.70. The summed E-state index contributed by atoms with van der Waals surface area (Å²) in [6.07, 6.45) is 4.35. The summed E-state index contributed by atoms with van der Waals surface area (Å²) in [6, 6.07) is 14.3. The quantitative estimate of drug-likeness (QED) is 0.205. The smallest absolute Gasteiger partial charge is 0.271 e. The lowest BCUT2D eigenvalue weighted by atomic mass is 9.80. The van der Waals surface area contributed by atoms with E-state index in [1.807, 2.05) is 30.9 Å². The van der Waals surface area contributed by atoms with Gasteiger partial charge in [-0.25, -0.2) is 17.7 Å². The maximum atomic E-state index is 15.5. The van der Waals surface area contributed by atoms with Gasteiger partial charge in [-0.1, -0.05) is 43.1 Å². The fourth-order valence-electron chi connectivity index (χ4n) is 6.44. The molecule has 1 saturated heterocycles. The van der Waals surface area contributed by atoms with E-state index in [0.717, 1.165) is 9.87 Å². The van der Waals surface area contributed by atoms with Gasteiger partial charge in [-0.15, -0.1) is 0 Å². The van der Waals surface area contributed by atoms with Crippen molar-refractivity contribution < 1.29 is 27.1 Å². The van der Waals surface area contributed by atoms with Crippen molar-refractivity contribution in [1.82, 2.24) is 15.2 Å². The van der Waals surface area contributed by atoms with Crippen molar-refractivity contribution in [3.05, 3.63) is 99.7 Å². The highest BCUT2D eigenvalue weighted by Gasteiger charge is 2.63. The predicted octanol–water partition coefficient (Wildman–Crippen LogP) is 6.31. The summed E-state index contributed by atoms with van der Waals surface area (Å²) in [5.74, 6) is 0.570. The van der Waals surface area contributed by atoms with Crippen molar-refractivity contribution in [2.24, 2.45) is 0 Å². The van der Waals surface area contributed by atoms with Crippen LogP contribution in [0.3, 0.4) is 0 Å². The van der Waals surface area contributed by atoms with Crippen molar-refractivity contribution in [2.75, 3.05) is 25.1 Å². The molecule has 0 bridgehead atoms. The number of anilines is 1. The molecule has 3 heterocycles. The van der Waals surface area contributed by atoms with Crippen molar-refractivity contribution in [3.63, 3.8) is 0 Å². The number of sulfonamides is 1. The Hall–Kier alpha value is -3.61. The Morgan fingerprint density at radius 1 is 1.04 bits per heavy atom. The molecule has 10 nitrogen and oxygen atoms in total. The first-order valence-electron chi connectivity index (χ1n) is 14.8. The zero-order valence-corrected chi connectivity index (χ0v) is 28.1. The summed E-state index contributed by atoms with van der Waals surface area (Å²) in [6.45, 7) is 5.01. The lowest BCUT2D eigenvalue weighted by Crippen LogP contribution is -2.54. The van der Waals surface area contributed by atoms with Gasteiger partial charge in [0.1, 0.15) is 17.8 Å². The fourth-order valence-corrected chi connectivity index (χ4v) is 8.22. The number of fused-ring (bicyclic) bond motifs is 1. The molecule has 46 heavy (non-hydrogen) atoms. The van der Waals surface area contributed by atoms with Gasteiger partial charge in [0.05, 0.1) is 47.1 Å². The Balaban J connectivity index is 1.67. The SMILES string of the molecule is COc1ccc(S(=O)(=O)N2C(=O)C(c3cc(CNC(C)C)ccc3OC)(N3CCC[C@H]3c3ncco3)c3cc(Cl)c(Cl)cc32)cc1. The number of carbonyl (C=O) groups excluding carboxylic acids is 1. The van der Waals surface area contributed by atoms with Crippen LogP contribution in [0.5, 0.6) is 11.5 Å². The lowest BCUT2D eigenvalue weighted by molar-refractivity contribution is -0.127. The number of hydrogen-bond acceptors (Lipinski definition) is 9. The molecule has 0 saturated carbocycles. The number of rotatable bonds is 10. The van der Waals surface area contributed by atoms with Gasteiger partial charge in [0.2, 0.25) is 5.89 Å². The minimum atomic E-state index is -4.48.